The third kappa shape index (κ3) is 3.66. The van der Waals surface area contributed by atoms with E-state index in [1.807, 2.05) is 41.0 Å². The van der Waals surface area contributed by atoms with E-state index in [-0.39, 0.29) is 12.5 Å². The largest absolute Gasteiger partial charge is 0.484 e. The fourth-order valence-electron chi connectivity index (χ4n) is 2.72. The molecule has 0 spiro atoms. The second kappa shape index (κ2) is 7.60. The third-order valence-electron chi connectivity index (χ3n) is 4.09. The van der Waals surface area contributed by atoms with Crippen molar-refractivity contribution in [2.45, 2.75) is 0 Å². The van der Waals surface area contributed by atoms with Crippen LogP contribution in [0.5, 0.6) is 5.75 Å². The summed E-state index contributed by atoms with van der Waals surface area (Å²) in [6, 6.07) is 20.0. The van der Waals surface area contributed by atoms with Gasteiger partial charge in [-0.05, 0) is 48.5 Å². The number of amides is 1. The molecule has 0 fully saturated rings. The number of anilines is 1. The molecule has 28 heavy (non-hydrogen) atoms. The van der Waals surface area contributed by atoms with E-state index in [0.29, 0.717) is 22.8 Å². The number of nitrogens with one attached hydrogen (secondary N) is 1. The van der Waals surface area contributed by atoms with Crippen LogP contribution in [0, 0.1) is 11.3 Å². The highest BCUT2D eigenvalue weighted by atomic mass is 16.5. The van der Waals surface area contributed by atoms with Crippen LogP contribution >= 0.6 is 0 Å². The van der Waals surface area contributed by atoms with E-state index < -0.39 is 0 Å². The van der Waals surface area contributed by atoms with E-state index in [2.05, 4.69) is 15.3 Å². The number of carbonyl (C=O) groups excluding carboxylic acids is 1. The Balaban J connectivity index is 1.38. The summed E-state index contributed by atoms with van der Waals surface area (Å²) in [5, 5.41) is 11.5. The predicted molar refractivity (Wildman–Crippen MR) is 104 cm³/mol. The Kier molecular flexibility index (Phi) is 4.68. The number of aromatic nitrogens is 3. The van der Waals surface area contributed by atoms with Gasteiger partial charge in [-0.15, -0.1) is 0 Å². The van der Waals surface area contributed by atoms with Crippen LogP contribution in [-0.2, 0) is 4.79 Å². The van der Waals surface area contributed by atoms with Crippen molar-refractivity contribution in [1.82, 2.24) is 14.5 Å². The fraction of sp³-hybridized carbons (Fsp3) is 0.0476. The molecule has 0 aliphatic carbocycles. The molecule has 0 aliphatic rings. The highest BCUT2D eigenvalue weighted by Gasteiger charge is 2.07. The summed E-state index contributed by atoms with van der Waals surface area (Å²) in [7, 11) is 0. The van der Waals surface area contributed by atoms with Gasteiger partial charge in [0.25, 0.3) is 5.91 Å². The maximum Gasteiger partial charge on any atom is 0.262 e. The van der Waals surface area contributed by atoms with Crippen molar-refractivity contribution >= 4 is 22.6 Å². The molecule has 2 aromatic heterocycles. The Morgan fingerprint density at radius 1 is 1.07 bits per heavy atom. The van der Waals surface area contributed by atoms with Gasteiger partial charge in [0, 0.05) is 0 Å². The SMILES string of the molecule is N#Cc1ccc(OCC(=O)Nc2ccc(-n3cnc4ccccc43)nc2)cc1. The Hall–Kier alpha value is -4.18. The minimum atomic E-state index is -0.299. The standard InChI is InChI=1S/C21H15N5O2/c22-11-15-5-8-17(9-6-15)28-13-21(27)25-16-7-10-20(23-12-16)26-14-24-18-3-1-2-4-19(18)26/h1-10,12,14H,13H2,(H,25,27). The lowest BCUT2D eigenvalue weighted by molar-refractivity contribution is -0.118. The summed E-state index contributed by atoms with van der Waals surface area (Å²) in [6.07, 6.45) is 3.31. The van der Waals surface area contributed by atoms with E-state index in [1.54, 1.807) is 42.9 Å². The van der Waals surface area contributed by atoms with Crippen LogP contribution in [0.25, 0.3) is 16.9 Å². The Morgan fingerprint density at radius 2 is 1.89 bits per heavy atom. The summed E-state index contributed by atoms with van der Waals surface area (Å²) < 4.78 is 7.30. The molecule has 0 atom stereocenters. The van der Waals surface area contributed by atoms with Gasteiger partial charge < -0.3 is 10.1 Å². The maximum absolute atomic E-state index is 12.1. The molecule has 2 aromatic carbocycles. The zero-order valence-electron chi connectivity index (χ0n) is 14.7. The molecule has 7 nitrogen and oxygen atoms in total. The van der Waals surface area contributed by atoms with Gasteiger partial charge in [0.05, 0.1) is 34.6 Å². The molecular formula is C21H15N5O2. The van der Waals surface area contributed by atoms with Crippen LogP contribution in [0.1, 0.15) is 5.56 Å². The Labute approximate surface area is 160 Å². The predicted octanol–water partition coefficient (Wildman–Crippen LogP) is 3.31. The topological polar surface area (TPSA) is 92.8 Å². The summed E-state index contributed by atoms with van der Waals surface area (Å²) >= 11 is 0. The summed E-state index contributed by atoms with van der Waals surface area (Å²) in [5.41, 5.74) is 2.96. The van der Waals surface area contributed by atoms with Crippen molar-refractivity contribution in [3.63, 3.8) is 0 Å². The lowest BCUT2D eigenvalue weighted by Gasteiger charge is -2.08. The number of carbonyl (C=O) groups is 1. The molecular weight excluding hydrogens is 354 g/mol. The van der Waals surface area contributed by atoms with Gasteiger partial charge in [0.1, 0.15) is 17.9 Å². The van der Waals surface area contributed by atoms with E-state index in [0.717, 1.165) is 11.0 Å². The maximum atomic E-state index is 12.1. The number of nitriles is 1. The number of fused-ring (bicyclic) bond motifs is 1. The van der Waals surface area contributed by atoms with Crippen LogP contribution in [0.3, 0.4) is 0 Å². The van der Waals surface area contributed by atoms with Gasteiger partial charge in [0.2, 0.25) is 0 Å². The molecule has 0 radical (unpaired) electrons. The Morgan fingerprint density at radius 3 is 2.64 bits per heavy atom. The zero-order valence-corrected chi connectivity index (χ0v) is 14.7. The Bertz CT molecular complexity index is 1160. The van der Waals surface area contributed by atoms with E-state index in [4.69, 9.17) is 10.00 Å². The number of ether oxygens (including phenoxy) is 1. The quantitative estimate of drug-likeness (QED) is 0.583. The van der Waals surface area contributed by atoms with Crippen molar-refractivity contribution in [3.8, 4) is 17.6 Å². The number of benzene rings is 2. The normalized spacial score (nSPS) is 10.4. The molecule has 4 rings (SSSR count). The monoisotopic (exact) mass is 369 g/mol. The van der Waals surface area contributed by atoms with E-state index in [1.165, 1.54) is 0 Å². The molecule has 0 saturated heterocycles. The lowest BCUT2D eigenvalue weighted by Crippen LogP contribution is -2.20. The number of hydrogen-bond acceptors (Lipinski definition) is 5. The van der Waals surface area contributed by atoms with Crippen molar-refractivity contribution in [3.05, 3.63) is 78.8 Å². The lowest BCUT2D eigenvalue weighted by atomic mass is 10.2. The van der Waals surface area contributed by atoms with E-state index in [9.17, 15) is 4.79 Å². The first-order chi connectivity index (χ1) is 13.7. The first kappa shape index (κ1) is 17.2. The number of pyridine rings is 1. The van der Waals surface area contributed by atoms with Crippen molar-refractivity contribution < 1.29 is 9.53 Å². The minimum Gasteiger partial charge on any atom is -0.484 e. The second-order valence-electron chi connectivity index (χ2n) is 5.98. The second-order valence-corrected chi connectivity index (χ2v) is 5.98. The number of hydrogen-bond donors (Lipinski definition) is 1. The molecule has 1 amide bonds. The molecule has 7 heteroatoms. The van der Waals surface area contributed by atoms with Crippen LogP contribution in [0.15, 0.2) is 73.2 Å². The van der Waals surface area contributed by atoms with Gasteiger partial charge in [0.15, 0.2) is 6.61 Å². The van der Waals surface area contributed by atoms with Crippen LogP contribution in [0.4, 0.5) is 5.69 Å². The van der Waals surface area contributed by atoms with Crippen molar-refractivity contribution in [1.29, 1.82) is 5.26 Å². The number of nitrogens with zero attached hydrogens (tertiary/aromatic N) is 4. The van der Waals surface area contributed by atoms with Crippen molar-refractivity contribution in [2.75, 3.05) is 11.9 Å². The highest BCUT2D eigenvalue weighted by Crippen LogP contribution is 2.17. The average molecular weight is 369 g/mol. The third-order valence-corrected chi connectivity index (χ3v) is 4.09. The highest BCUT2D eigenvalue weighted by molar-refractivity contribution is 5.91. The van der Waals surface area contributed by atoms with Gasteiger partial charge in [-0.25, -0.2) is 9.97 Å². The zero-order chi connectivity index (χ0) is 19.3. The van der Waals surface area contributed by atoms with Gasteiger partial charge >= 0.3 is 0 Å². The van der Waals surface area contributed by atoms with Crippen LogP contribution in [0.2, 0.25) is 0 Å². The number of rotatable bonds is 5. The molecule has 0 saturated carbocycles. The number of imidazole rings is 1. The fourth-order valence-corrected chi connectivity index (χ4v) is 2.72. The molecule has 136 valence electrons. The van der Waals surface area contributed by atoms with Gasteiger partial charge in [-0.1, -0.05) is 12.1 Å². The number of para-hydroxylation sites is 2. The molecule has 2 heterocycles. The van der Waals surface area contributed by atoms with Gasteiger partial charge in [-0.2, -0.15) is 5.26 Å². The van der Waals surface area contributed by atoms with Gasteiger partial charge in [-0.3, -0.25) is 9.36 Å². The first-order valence-electron chi connectivity index (χ1n) is 8.54. The molecule has 1 N–H and O–H groups in total. The smallest absolute Gasteiger partial charge is 0.262 e. The van der Waals surface area contributed by atoms with Crippen LogP contribution < -0.4 is 10.1 Å². The summed E-state index contributed by atoms with van der Waals surface area (Å²) in [4.78, 5) is 20.8. The molecule has 0 bridgehead atoms. The summed E-state index contributed by atoms with van der Waals surface area (Å²) in [5.74, 6) is 0.933. The first-order valence-corrected chi connectivity index (χ1v) is 8.54. The summed E-state index contributed by atoms with van der Waals surface area (Å²) in [6.45, 7) is -0.139. The molecule has 4 aromatic rings. The van der Waals surface area contributed by atoms with Crippen molar-refractivity contribution in [2.24, 2.45) is 0 Å². The van der Waals surface area contributed by atoms with E-state index >= 15 is 0 Å². The average Bonchev–Trinajstić information content (AvgIpc) is 3.17. The van der Waals surface area contributed by atoms with Crippen LogP contribution in [-0.4, -0.2) is 27.0 Å². The molecule has 0 aliphatic heterocycles. The molecule has 0 unspecified atom stereocenters. The minimum absolute atomic E-state index is 0.139.